The van der Waals surface area contributed by atoms with Crippen molar-refractivity contribution in [2.45, 2.75) is 6.92 Å². The van der Waals surface area contributed by atoms with Crippen LogP contribution in [0.15, 0.2) is 30.6 Å². The van der Waals surface area contributed by atoms with E-state index >= 15 is 0 Å². The number of rotatable bonds is 4. The minimum atomic E-state index is -0.444. The van der Waals surface area contributed by atoms with E-state index in [1.165, 1.54) is 24.2 Å². The second-order valence-electron chi connectivity index (χ2n) is 3.89. The van der Waals surface area contributed by atoms with Gasteiger partial charge in [-0.2, -0.15) is 10.4 Å². The van der Waals surface area contributed by atoms with Crippen LogP contribution in [-0.4, -0.2) is 29.5 Å². The maximum absolute atomic E-state index is 11.6. The first-order chi connectivity index (χ1) is 9.69. The van der Waals surface area contributed by atoms with Gasteiger partial charge in [-0.1, -0.05) is 0 Å². The molecule has 6 heteroatoms. The average Bonchev–Trinajstić information content (AvgIpc) is 2.96. The fraction of sp³-hybridized carbons (Fsp3) is 0.214. The lowest BCUT2D eigenvalue weighted by Gasteiger charge is -2.06. The highest BCUT2D eigenvalue weighted by Crippen LogP contribution is 2.21. The van der Waals surface area contributed by atoms with E-state index in [0.717, 1.165) is 0 Å². The number of benzene rings is 1. The van der Waals surface area contributed by atoms with Gasteiger partial charge in [0.1, 0.15) is 11.8 Å². The summed E-state index contributed by atoms with van der Waals surface area (Å²) in [7, 11) is 1.54. The van der Waals surface area contributed by atoms with Crippen molar-refractivity contribution in [1.82, 2.24) is 9.78 Å². The molecule has 1 heterocycles. The number of carbonyl (C=O) groups is 1. The molecule has 0 atom stereocenters. The lowest BCUT2D eigenvalue weighted by atomic mass is 10.2. The minimum Gasteiger partial charge on any atom is -0.497 e. The maximum Gasteiger partial charge on any atom is 0.341 e. The van der Waals surface area contributed by atoms with E-state index in [-0.39, 0.29) is 0 Å². The van der Waals surface area contributed by atoms with E-state index in [4.69, 9.17) is 14.7 Å². The van der Waals surface area contributed by atoms with Crippen LogP contribution in [0.25, 0.3) is 5.69 Å². The molecule has 0 aliphatic heterocycles. The molecule has 0 aliphatic rings. The monoisotopic (exact) mass is 271 g/mol. The van der Waals surface area contributed by atoms with Crippen LogP contribution >= 0.6 is 0 Å². The summed E-state index contributed by atoms with van der Waals surface area (Å²) in [5.74, 6) is 0.160. The van der Waals surface area contributed by atoms with Crippen molar-refractivity contribution in [3.63, 3.8) is 0 Å². The third-order valence-electron chi connectivity index (χ3n) is 2.67. The highest BCUT2D eigenvalue weighted by molar-refractivity contribution is 5.88. The topological polar surface area (TPSA) is 77.1 Å². The Kier molecular flexibility index (Phi) is 4.01. The number of hydrogen-bond acceptors (Lipinski definition) is 5. The molecule has 0 fully saturated rings. The zero-order chi connectivity index (χ0) is 14.5. The van der Waals surface area contributed by atoms with Crippen LogP contribution in [0.4, 0.5) is 0 Å². The number of methoxy groups -OCH3 is 1. The zero-order valence-corrected chi connectivity index (χ0v) is 11.2. The van der Waals surface area contributed by atoms with Gasteiger partial charge >= 0.3 is 5.97 Å². The second kappa shape index (κ2) is 5.89. The third-order valence-corrected chi connectivity index (χ3v) is 2.67. The fourth-order valence-corrected chi connectivity index (χ4v) is 1.70. The van der Waals surface area contributed by atoms with Gasteiger partial charge in [-0.25, -0.2) is 9.48 Å². The van der Waals surface area contributed by atoms with E-state index in [0.29, 0.717) is 29.2 Å². The molecule has 1 aromatic carbocycles. The number of hydrogen-bond donors (Lipinski definition) is 0. The predicted octanol–water partition coefficient (Wildman–Crippen LogP) is 1.93. The van der Waals surface area contributed by atoms with Gasteiger partial charge in [-0.15, -0.1) is 0 Å². The van der Waals surface area contributed by atoms with Crippen molar-refractivity contribution in [2.75, 3.05) is 13.7 Å². The zero-order valence-electron chi connectivity index (χ0n) is 11.2. The minimum absolute atomic E-state index is 0.298. The standard InChI is InChI=1S/C14H13N3O3/c1-3-20-14(18)11-8-16-17(9-11)13-6-12(19-2)5-4-10(13)7-15/h4-6,8-9H,3H2,1-2H3. The van der Waals surface area contributed by atoms with Gasteiger partial charge in [-0.05, 0) is 19.1 Å². The van der Waals surface area contributed by atoms with Gasteiger partial charge < -0.3 is 9.47 Å². The van der Waals surface area contributed by atoms with Crippen LogP contribution in [0, 0.1) is 11.3 Å². The summed E-state index contributed by atoms with van der Waals surface area (Å²) in [6.07, 6.45) is 2.92. The van der Waals surface area contributed by atoms with Crippen molar-refractivity contribution < 1.29 is 14.3 Å². The first-order valence-corrected chi connectivity index (χ1v) is 6.00. The molecule has 0 unspecified atom stereocenters. The van der Waals surface area contributed by atoms with Crippen LogP contribution < -0.4 is 4.74 Å². The van der Waals surface area contributed by atoms with Crippen molar-refractivity contribution in [2.24, 2.45) is 0 Å². The Morgan fingerprint density at radius 3 is 2.95 bits per heavy atom. The van der Waals surface area contributed by atoms with Gasteiger partial charge in [-0.3, -0.25) is 0 Å². The molecule has 0 amide bonds. The Morgan fingerprint density at radius 2 is 2.30 bits per heavy atom. The summed E-state index contributed by atoms with van der Waals surface area (Å²) < 4.78 is 11.5. The Morgan fingerprint density at radius 1 is 1.50 bits per heavy atom. The summed E-state index contributed by atoms with van der Waals surface area (Å²) in [5, 5.41) is 13.2. The average molecular weight is 271 g/mol. The highest BCUT2D eigenvalue weighted by atomic mass is 16.5. The Hall–Kier alpha value is -2.81. The molecule has 0 saturated carbocycles. The van der Waals surface area contributed by atoms with Crippen molar-refractivity contribution >= 4 is 5.97 Å². The second-order valence-corrected chi connectivity index (χ2v) is 3.89. The molecule has 20 heavy (non-hydrogen) atoms. The van der Waals surface area contributed by atoms with Crippen LogP contribution in [-0.2, 0) is 4.74 Å². The molecule has 0 N–H and O–H groups in total. The largest absolute Gasteiger partial charge is 0.497 e. The Bertz CT molecular complexity index is 671. The number of nitriles is 1. The maximum atomic E-state index is 11.6. The molecule has 0 radical (unpaired) electrons. The van der Waals surface area contributed by atoms with E-state index in [2.05, 4.69) is 11.2 Å². The quantitative estimate of drug-likeness (QED) is 0.794. The summed E-state index contributed by atoms with van der Waals surface area (Å²) in [4.78, 5) is 11.6. The van der Waals surface area contributed by atoms with E-state index < -0.39 is 5.97 Å². The van der Waals surface area contributed by atoms with Crippen LogP contribution in [0.5, 0.6) is 5.75 Å². The summed E-state index contributed by atoms with van der Waals surface area (Å²) >= 11 is 0. The fourth-order valence-electron chi connectivity index (χ4n) is 1.70. The SMILES string of the molecule is CCOC(=O)c1cnn(-c2cc(OC)ccc2C#N)c1. The highest BCUT2D eigenvalue weighted by Gasteiger charge is 2.12. The predicted molar refractivity (Wildman–Crippen MR) is 70.8 cm³/mol. The molecule has 2 rings (SSSR count). The van der Waals surface area contributed by atoms with E-state index in [1.807, 2.05) is 0 Å². The number of aromatic nitrogens is 2. The van der Waals surface area contributed by atoms with Gasteiger partial charge in [0, 0.05) is 12.3 Å². The molecule has 1 aromatic heterocycles. The summed E-state index contributed by atoms with van der Waals surface area (Å²) in [6.45, 7) is 2.03. The van der Waals surface area contributed by atoms with Gasteiger partial charge in [0.05, 0.1) is 36.7 Å². The van der Waals surface area contributed by atoms with Crippen molar-refractivity contribution in [1.29, 1.82) is 5.26 Å². The number of nitrogens with zero attached hydrogens (tertiary/aromatic N) is 3. The summed E-state index contributed by atoms with van der Waals surface area (Å²) in [5.41, 5.74) is 1.31. The molecule has 0 spiro atoms. The van der Waals surface area contributed by atoms with Crippen LogP contribution in [0.2, 0.25) is 0 Å². The molecule has 102 valence electrons. The number of esters is 1. The van der Waals surface area contributed by atoms with E-state index in [9.17, 15) is 4.79 Å². The number of carbonyl (C=O) groups excluding carboxylic acids is 1. The molecule has 0 saturated heterocycles. The molecule has 0 aliphatic carbocycles. The number of ether oxygens (including phenoxy) is 2. The van der Waals surface area contributed by atoms with Crippen molar-refractivity contribution in [3.8, 4) is 17.5 Å². The molecular weight excluding hydrogens is 258 g/mol. The van der Waals surface area contributed by atoms with Gasteiger partial charge in [0.2, 0.25) is 0 Å². The Labute approximate surface area is 116 Å². The van der Waals surface area contributed by atoms with Crippen LogP contribution in [0.3, 0.4) is 0 Å². The lowest BCUT2D eigenvalue weighted by molar-refractivity contribution is 0.0526. The first-order valence-electron chi connectivity index (χ1n) is 6.00. The third kappa shape index (κ3) is 2.62. The van der Waals surface area contributed by atoms with Gasteiger partial charge in [0.15, 0.2) is 0 Å². The molecule has 2 aromatic rings. The van der Waals surface area contributed by atoms with Gasteiger partial charge in [0.25, 0.3) is 0 Å². The molecule has 6 nitrogen and oxygen atoms in total. The molecule has 0 bridgehead atoms. The first kappa shape index (κ1) is 13.6. The molecular formula is C14H13N3O3. The van der Waals surface area contributed by atoms with E-state index in [1.54, 1.807) is 25.1 Å². The normalized spacial score (nSPS) is 9.85. The Balaban J connectivity index is 2.41. The lowest BCUT2D eigenvalue weighted by Crippen LogP contribution is -2.03. The summed E-state index contributed by atoms with van der Waals surface area (Å²) in [6, 6.07) is 7.09. The van der Waals surface area contributed by atoms with Crippen molar-refractivity contribution in [3.05, 3.63) is 41.7 Å². The smallest absolute Gasteiger partial charge is 0.341 e. The van der Waals surface area contributed by atoms with Crippen LogP contribution in [0.1, 0.15) is 22.8 Å².